The number of nitrogens with one attached hydrogen (secondary N) is 1. The van der Waals surface area contributed by atoms with E-state index < -0.39 is 12.1 Å². The van der Waals surface area contributed by atoms with E-state index in [1.54, 1.807) is 18.2 Å². The maximum absolute atomic E-state index is 13.1. The molecule has 0 aliphatic carbocycles. The molecule has 3 atom stereocenters. The number of carbonyl (C=O) groups excluding carboxylic acids is 2. The van der Waals surface area contributed by atoms with Gasteiger partial charge in [-0.05, 0) is 40.8 Å². The molecule has 0 spiro atoms. The van der Waals surface area contributed by atoms with Gasteiger partial charge in [0.2, 0.25) is 0 Å². The van der Waals surface area contributed by atoms with Crippen LogP contribution in [-0.4, -0.2) is 24.5 Å². The van der Waals surface area contributed by atoms with Crippen LogP contribution in [-0.2, 0) is 4.74 Å². The molecule has 8 heteroatoms. The van der Waals surface area contributed by atoms with Gasteiger partial charge in [0, 0.05) is 14.9 Å². The second-order valence-electron chi connectivity index (χ2n) is 6.28. The van der Waals surface area contributed by atoms with E-state index in [1.165, 1.54) is 0 Å². The smallest absolute Gasteiger partial charge is 0.407 e. The maximum Gasteiger partial charge on any atom is 0.407 e. The van der Waals surface area contributed by atoms with Gasteiger partial charge in [0.15, 0.2) is 5.78 Å². The average molecular weight is 429 g/mol. The molecule has 1 saturated heterocycles. The number of amides is 1. The number of nitrogens with zero attached hydrogens (tertiary/aromatic N) is 3. The number of halogens is 1. The minimum atomic E-state index is -0.874. The first-order valence-corrected chi connectivity index (χ1v) is 9.16. The van der Waals surface area contributed by atoms with Gasteiger partial charge in [0.05, 0.1) is 6.04 Å². The summed E-state index contributed by atoms with van der Waals surface area (Å²) < 4.78 is 5.84. The summed E-state index contributed by atoms with van der Waals surface area (Å²) in [6, 6.07) is 13.3. The zero-order valence-corrected chi connectivity index (χ0v) is 16.1. The first-order chi connectivity index (χ1) is 13.0. The lowest BCUT2D eigenvalue weighted by atomic mass is 9.88. The van der Waals surface area contributed by atoms with Gasteiger partial charge in [-0.3, -0.25) is 4.79 Å². The second-order valence-corrected chi connectivity index (χ2v) is 7.19. The van der Waals surface area contributed by atoms with Crippen molar-refractivity contribution < 1.29 is 14.3 Å². The van der Waals surface area contributed by atoms with Gasteiger partial charge in [-0.25, -0.2) is 4.79 Å². The molecule has 0 aromatic heterocycles. The van der Waals surface area contributed by atoms with Crippen LogP contribution in [0.3, 0.4) is 0 Å². The number of carbonyl (C=O) groups is 2. The van der Waals surface area contributed by atoms with Gasteiger partial charge in [-0.2, -0.15) is 0 Å². The molecule has 1 amide bonds. The fourth-order valence-corrected chi connectivity index (χ4v) is 3.29. The van der Waals surface area contributed by atoms with E-state index in [9.17, 15) is 9.59 Å². The fraction of sp³-hybridized carbons (Fsp3) is 0.263. The van der Waals surface area contributed by atoms with Gasteiger partial charge in [-0.15, -0.1) is 0 Å². The van der Waals surface area contributed by atoms with Crippen LogP contribution in [0.2, 0.25) is 0 Å². The summed E-state index contributed by atoms with van der Waals surface area (Å²) in [5.41, 5.74) is 11.1. The van der Waals surface area contributed by atoms with E-state index in [2.05, 4.69) is 31.3 Å². The predicted octanol–water partition coefficient (Wildman–Crippen LogP) is 4.90. The van der Waals surface area contributed by atoms with Crippen molar-refractivity contribution >= 4 is 27.8 Å². The average Bonchev–Trinajstić information content (AvgIpc) is 3.12. The third-order valence-corrected chi connectivity index (χ3v) is 5.09. The highest BCUT2D eigenvalue weighted by atomic mass is 79.9. The van der Waals surface area contributed by atoms with Crippen molar-refractivity contribution in [2.24, 2.45) is 5.11 Å². The van der Waals surface area contributed by atoms with Gasteiger partial charge in [-0.1, -0.05) is 58.3 Å². The van der Waals surface area contributed by atoms with Crippen molar-refractivity contribution in [1.82, 2.24) is 5.32 Å². The molecular formula is C19H17BrN4O3. The maximum atomic E-state index is 13.1. The molecule has 1 heterocycles. The Morgan fingerprint density at radius 2 is 2.07 bits per heavy atom. The molecule has 0 unspecified atom stereocenters. The molecule has 1 aliphatic heterocycles. The van der Waals surface area contributed by atoms with Crippen molar-refractivity contribution in [3.63, 3.8) is 0 Å². The minimum Gasteiger partial charge on any atom is -0.447 e. The lowest BCUT2D eigenvalue weighted by Crippen LogP contribution is -2.25. The molecule has 1 aliphatic rings. The molecule has 138 valence electrons. The number of alkyl carbamates (subject to hydrolysis) is 1. The van der Waals surface area contributed by atoms with Crippen LogP contribution in [0, 0.1) is 0 Å². The van der Waals surface area contributed by atoms with E-state index >= 15 is 0 Å². The van der Waals surface area contributed by atoms with Crippen LogP contribution in [0.1, 0.15) is 40.4 Å². The van der Waals surface area contributed by atoms with Crippen molar-refractivity contribution in [3.8, 4) is 0 Å². The number of Topliss-reactive ketones (excluding diaryl/α,β-unsaturated/α-hetero) is 1. The van der Waals surface area contributed by atoms with Crippen LogP contribution in [0.25, 0.3) is 10.4 Å². The largest absolute Gasteiger partial charge is 0.447 e. The van der Waals surface area contributed by atoms with Crippen LogP contribution < -0.4 is 5.32 Å². The quantitative estimate of drug-likeness (QED) is 0.306. The summed E-state index contributed by atoms with van der Waals surface area (Å²) in [5.74, 6) is -0.560. The highest BCUT2D eigenvalue weighted by Gasteiger charge is 2.28. The monoisotopic (exact) mass is 428 g/mol. The standard InChI is InChI=1S/C19H17BrN4O3/c1-11(12-5-7-15(20)8-6-12)17(23-24-21)18(25)14-4-2-3-13(9-14)16-10-27-19(26)22-16/h2-9,11,16-17H,10H2,1H3,(H,22,26)/t11-,16-,17-/m0/s1. The van der Waals surface area contributed by atoms with Crippen molar-refractivity contribution in [2.45, 2.75) is 24.9 Å². The third kappa shape index (κ3) is 4.30. The van der Waals surface area contributed by atoms with Gasteiger partial charge < -0.3 is 10.1 Å². The lowest BCUT2D eigenvalue weighted by Gasteiger charge is -2.19. The first-order valence-electron chi connectivity index (χ1n) is 8.36. The van der Waals surface area contributed by atoms with Gasteiger partial charge in [0.1, 0.15) is 12.6 Å². The number of cyclic esters (lactones) is 1. The Morgan fingerprint density at radius 3 is 2.70 bits per heavy atom. The van der Waals surface area contributed by atoms with E-state index in [1.807, 2.05) is 37.3 Å². The molecule has 2 aromatic carbocycles. The number of ether oxygens (including phenoxy) is 1. The molecule has 0 bridgehead atoms. The highest BCUT2D eigenvalue weighted by molar-refractivity contribution is 9.10. The number of rotatable bonds is 6. The molecule has 27 heavy (non-hydrogen) atoms. The number of ketones is 1. The van der Waals surface area contributed by atoms with Crippen molar-refractivity contribution in [2.75, 3.05) is 6.61 Å². The van der Waals surface area contributed by atoms with Crippen LogP contribution in [0.15, 0.2) is 58.1 Å². The van der Waals surface area contributed by atoms with Gasteiger partial charge >= 0.3 is 6.09 Å². The Kier molecular flexibility index (Phi) is 5.78. The van der Waals surface area contributed by atoms with E-state index in [0.29, 0.717) is 5.56 Å². The minimum absolute atomic E-state index is 0.214. The Balaban J connectivity index is 1.87. The van der Waals surface area contributed by atoms with Crippen molar-refractivity contribution in [3.05, 3.63) is 80.1 Å². The van der Waals surface area contributed by atoms with Crippen LogP contribution in [0.4, 0.5) is 4.79 Å². The number of azide groups is 1. The summed E-state index contributed by atoms with van der Waals surface area (Å²) in [5, 5.41) is 6.45. The zero-order chi connectivity index (χ0) is 19.4. The summed E-state index contributed by atoms with van der Waals surface area (Å²) in [4.78, 5) is 27.2. The first kappa shape index (κ1) is 18.9. The molecule has 1 N–H and O–H groups in total. The van der Waals surface area contributed by atoms with Gasteiger partial charge in [0.25, 0.3) is 0 Å². The van der Waals surface area contributed by atoms with Crippen LogP contribution >= 0.6 is 15.9 Å². The fourth-order valence-electron chi connectivity index (χ4n) is 3.03. The number of hydrogen-bond donors (Lipinski definition) is 1. The molecule has 1 fully saturated rings. The number of hydrogen-bond acceptors (Lipinski definition) is 4. The molecule has 3 rings (SSSR count). The Bertz CT molecular complexity index is 909. The summed E-state index contributed by atoms with van der Waals surface area (Å²) in [7, 11) is 0. The molecule has 2 aromatic rings. The van der Waals surface area contributed by atoms with Crippen LogP contribution in [0.5, 0.6) is 0 Å². The summed E-state index contributed by atoms with van der Waals surface area (Å²) in [6.07, 6.45) is -0.479. The topological polar surface area (TPSA) is 104 Å². The van der Waals surface area contributed by atoms with E-state index in [-0.39, 0.29) is 24.3 Å². The lowest BCUT2D eigenvalue weighted by molar-refractivity contribution is 0.0951. The molecule has 0 radical (unpaired) electrons. The van der Waals surface area contributed by atoms with Crippen molar-refractivity contribution in [1.29, 1.82) is 0 Å². The Morgan fingerprint density at radius 1 is 1.33 bits per heavy atom. The summed E-state index contributed by atoms with van der Waals surface area (Å²) in [6.45, 7) is 2.07. The zero-order valence-electron chi connectivity index (χ0n) is 14.5. The Hall–Kier alpha value is -2.83. The highest BCUT2D eigenvalue weighted by Crippen LogP contribution is 2.27. The Labute approximate surface area is 164 Å². The second kappa shape index (κ2) is 8.24. The molecule has 7 nitrogen and oxygen atoms in total. The summed E-state index contributed by atoms with van der Waals surface area (Å²) >= 11 is 3.38. The van der Waals surface area contributed by atoms with E-state index in [4.69, 9.17) is 10.3 Å². The molecule has 0 saturated carbocycles. The van der Waals surface area contributed by atoms with E-state index in [0.717, 1.165) is 15.6 Å². The predicted molar refractivity (Wildman–Crippen MR) is 103 cm³/mol. The SMILES string of the molecule is C[C@@H](c1ccc(Br)cc1)[C@H](N=[N+]=[N-])C(=O)c1cccc([C@@H]2COC(=O)N2)c1. The third-order valence-electron chi connectivity index (χ3n) is 4.56. The normalized spacial score (nSPS) is 18.0. The molecular weight excluding hydrogens is 412 g/mol. The number of benzene rings is 2.